The molecule has 0 aliphatic carbocycles. The Balaban J connectivity index is 2.02. The van der Waals surface area contributed by atoms with Crippen LogP contribution in [0.15, 0.2) is 51.4 Å². The second kappa shape index (κ2) is 5.04. The molecule has 2 aromatic carbocycles. The highest BCUT2D eigenvalue weighted by molar-refractivity contribution is 9.10. The number of fused-ring (bicyclic) bond motifs is 1. The summed E-state index contributed by atoms with van der Waals surface area (Å²) in [6.07, 6.45) is -0.864. The number of benzene rings is 2. The topological polar surface area (TPSA) is 33.4 Å². The van der Waals surface area contributed by atoms with E-state index < -0.39 is 6.10 Å². The highest BCUT2D eigenvalue weighted by atomic mass is 79.9. The quantitative estimate of drug-likeness (QED) is 0.735. The first-order chi connectivity index (χ1) is 9.54. The summed E-state index contributed by atoms with van der Waals surface area (Å²) >= 11 is 3.42. The number of halogens is 2. The van der Waals surface area contributed by atoms with Crippen molar-refractivity contribution in [3.05, 3.63) is 69.6 Å². The monoisotopic (exact) mass is 334 g/mol. The van der Waals surface area contributed by atoms with Crippen LogP contribution in [0.2, 0.25) is 0 Å². The third kappa shape index (κ3) is 2.37. The van der Waals surface area contributed by atoms with E-state index in [0.717, 1.165) is 15.6 Å². The van der Waals surface area contributed by atoms with Crippen molar-refractivity contribution in [2.75, 3.05) is 0 Å². The molecule has 0 aliphatic heterocycles. The van der Waals surface area contributed by atoms with Crippen molar-refractivity contribution in [3.63, 3.8) is 0 Å². The van der Waals surface area contributed by atoms with Crippen LogP contribution in [0.4, 0.5) is 4.39 Å². The van der Waals surface area contributed by atoms with Gasteiger partial charge in [-0.15, -0.1) is 0 Å². The molecule has 0 spiro atoms. The molecule has 0 aliphatic rings. The minimum Gasteiger partial charge on any atom is -0.458 e. The summed E-state index contributed by atoms with van der Waals surface area (Å²) < 4.78 is 19.7. The Kier molecular flexibility index (Phi) is 3.36. The van der Waals surface area contributed by atoms with Crippen LogP contribution in [0.5, 0.6) is 0 Å². The molecule has 1 aromatic heterocycles. The van der Waals surface area contributed by atoms with Crippen molar-refractivity contribution in [2.45, 2.75) is 13.0 Å². The molecule has 0 amide bonds. The molecule has 20 heavy (non-hydrogen) atoms. The Morgan fingerprint density at radius 2 is 1.95 bits per heavy atom. The molecule has 3 rings (SSSR count). The van der Waals surface area contributed by atoms with Crippen molar-refractivity contribution < 1.29 is 13.9 Å². The van der Waals surface area contributed by atoms with E-state index in [1.807, 2.05) is 25.1 Å². The minimum atomic E-state index is -0.864. The molecule has 0 saturated carbocycles. The predicted octanol–water partition coefficient (Wildman–Crippen LogP) is 4.72. The molecule has 1 atom stereocenters. The van der Waals surface area contributed by atoms with Gasteiger partial charge in [0.15, 0.2) is 0 Å². The van der Waals surface area contributed by atoms with Crippen LogP contribution < -0.4 is 0 Å². The molecule has 1 unspecified atom stereocenters. The first-order valence-corrected chi connectivity index (χ1v) is 6.97. The van der Waals surface area contributed by atoms with Crippen molar-refractivity contribution in [1.82, 2.24) is 0 Å². The Bertz CT molecular complexity index is 779. The van der Waals surface area contributed by atoms with Crippen molar-refractivity contribution in [1.29, 1.82) is 0 Å². The highest BCUT2D eigenvalue weighted by Crippen LogP contribution is 2.30. The largest absolute Gasteiger partial charge is 0.458 e. The van der Waals surface area contributed by atoms with Gasteiger partial charge in [-0.05, 0) is 48.4 Å². The molecule has 1 N–H and O–H groups in total. The van der Waals surface area contributed by atoms with Crippen LogP contribution in [0.25, 0.3) is 11.0 Å². The third-order valence-corrected chi connectivity index (χ3v) is 4.15. The molecule has 0 bridgehead atoms. The van der Waals surface area contributed by atoms with Crippen LogP contribution in [-0.4, -0.2) is 5.11 Å². The molecule has 1 heterocycles. The minimum absolute atomic E-state index is 0.321. The SMILES string of the molecule is Cc1cc(C(O)c2cc3cc(F)ccc3o2)ccc1Br. The first-order valence-electron chi connectivity index (χ1n) is 6.18. The van der Waals surface area contributed by atoms with E-state index in [-0.39, 0.29) is 5.82 Å². The maximum atomic E-state index is 13.2. The summed E-state index contributed by atoms with van der Waals surface area (Å²) in [5, 5.41) is 11.0. The Morgan fingerprint density at radius 3 is 2.70 bits per heavy atom. The second-order valence-electron chi connectivity index (χ2n) is 4.74. The van der Waals surface area contributed by atoms with Gasteiger partial charge >= 0.3 is 0 Å². The van der Waals surface area contributed by atoms with Crippen LogP contribution >= 0.6 is 15.9 Å². The number of aliphatic hydroxyl groups excluding tert-OH is 1. The lowest BCUT2D eigenvalue weighted by Crippen LogP contribution is -1.98. The average molecular weight is 335 g/mol. The third-order valence-electron chi connectivity index (χ3n) is 3.26. The number of hydrogen-bond donors (Lipinski definition) is 1. The van der Waals surface area contributed by atoms with Crippen molar-refractivity contribution in [2.24, 2.45) is 0 Å². The van der Waals surface area contributed by atoms with E-state index in [2.05, 4.69) is 15.9 Å². The number of aliphatic hydroxyl groups is 1. The summed E-state index contributed by atoms with van der Waals surface area (Å²) in [5.41, 5.74) is 2.34. The Morgan fingerprint density at radius 1 is 1.15 bits per heavy atom. The van der Waals surface area contributed by atoms with Crippen molar-refractivity contribution >= 4 is 26.9 Å². The Hall–Kier alpha value is -1.65. The molecule has 3 aromatic rings. The summed E-state index contributed by atoms with van der Waals surface area (Å²) in [5.74, 6) is 0.0890. The summed E-state index contributed by atoms with van der Waals surface area (Å²) in [7, 11) is 0. The molecule has 102 valence electrons. The molecule has 2 nitrogen and oxygen atoms in total. The number of aryl methyl sites for hydroxylation is 1. The van der Waals surface area contributed by atoms with Gasteiger partial charge in [0, 0.05) is 9.86 Å². The smallest absolute Gasteiger partial charge is 0.138 e. The lowest BCUT2D eigenvalue weighted by molar-refractivity contribution is 0.192. The molecule has 0 radical (unpaired) electrons. The fourth-order valence-corrected chi connectivity index (χ4v) is 2.42. The van der Waals surface area contributed by atoms with Gasteiger partial charge in [-0.1, -0.05) is 28.1 Å². The zero-order valence-corrected chi connectivity index (χ0v) is 12.3. The summed E-state index contributed by atoms with van der Waals surface area (Å²) in [6.45, 7) is 1.95. The fourth-order valence-electron chi connectivity index (χ4n) is 2.17. The zero-order valence-electron chi connectivity index (χ0n) is 10.7. The molecule has 0 fully saturated rings. The van der Waals surface area contributed by atoms with Gasteiger partial charge in [0.25, 0.3) is 0 Å². The predicted molar refractivity (Wildman–Crippen MR) is 79.1 cm³/mol. The fraction of sp³-hybridized carbons (Fsp3) is 0.125. The van der Waals surface area contributed by atoms with E-state index in [9.17, 15) is 9.50 Å². The van der Waals surface area contributed by atoms with E-state index in [1.54, 1.807) is 12.1 Å². The molecule has 0 saturated heterocycles. The molecular formula is C16H12BrFO2. The number of hydrogen-bond acceptors (Lipinski definition) is 2. The van der Waals surface area contributed by atoms with Crippen LogP contribution in [0.1, 0.15) is 23.0 Å². The first kappa shape index (κ1) is 13.3. The van der Waals surface area contributed by atoms with Crippen molar-refractivity contribution in [3.8, 4) is 0 Å². The van der Waals surface area contributed by atoms with Crippen LogP contribution in [0, 0.1) is 12.7 Å². The van der Waals surface area contributed by atoms with Crippen LogP contribution in [0.3, 0.4) is 0 Å². The molecular weight excluding hydrogens is 323 g/mol. The van der Waals surface area contributed by atoms with Gasteiger partial charge in [0.1, 0.15) is 23.3 Å². The van der Waals surface area contributed by atoms with Gasteiger partial charge in [0.05, 0.1) is 0 Å². The lowest BCUT2D eigenvalue weighted by atomic mass is 10.0. The van der Waals surface area contributed by atoms with E-state index in [1.165, 1.54) is 12.1 Å². The summed E-state index contributed by atoms with van der Waals surface area (Å²) in [4.78, 5) is 0. The van der Waals surface area contributed by atoms with Gasteiger partial charge in [-0.25, -0.2) is 4.39 Å². The Labute approximate surface area is 124 Å². The van der Waals surface area contributed by atoms with E-state index in [4.69, 9.17) is 4.42 Å². The van der Waals surface area contributed by atoms with Gasteiger partial charge in [0.2, 0.25) is 0 Å². The van der Waals surface area contributed by atoms with Gasteiger partial charge in [-0.3, -0.25) is 0 Å². The van der Waals surface area contributed by atoms with Gasteiger partial charge in [-0.2, -0.15) is 0 Å². The zero-order chi connectivity index (χ0) is 14.3. The van der Waals surface area contributed by atoms with Gasteiger partial charge < -0.3 is 9.52 Å². The number of furan rings is 1. The normalized spacial score (nSPS) is 12.8. The lowest BCUT2D eigenvalue weighted by Gasteiger charge is -2.09. The van der Waals surface area contributed by atoms with Crippen LogP contribution in [-0.2, 0) is 0 Å². The second-order valence-corrected chi connectivity index (χ2v) is 5.60. The maximum Gasteiger partial charge on any atom is 0.138 e. The molecule has 4 heteroatoms. The van der Waals surface area contributed by atoms with E-state index >= 15 is 0 Å². The highest BCUT2D eigenvalue weighted by Gasteiger charge is 2.16. The standard InChI is InChI=1S/C16H12BrFO2/c1-9-6-10(2-4-13(9)17)16(19)15-8-11-7-12(18)3-5-14(11)20-15/h2-8,16,19H,1H3. The maximum absolute atomic E-state index is 13.2. The average Bonchev–Trinajstić information content (AvgIpc) is 2.84. The van der Waals surface area contributed by atoms with E-state index in [0.29, 0.717) is 16.7 Å². The number of rotatable bonds is 2. The summed E-state index contributed by atoms with van der Waals surface area (Å²) in [6, 6.07) is 11.6.